The zero-order valence-electron chi connectivity index (χ0n) is 28.1. The maximum absolute atomic E-state index is 14.4. The van der Waals surface area contributed by atoms with Crippen LogP contribution in [-0.4, -0.2) is 84.2 Å². The zero-order valence-corrected chi connectivity index (χ0v) is 28.1. The fourth-order valence-corrected chi connectivity index (χ4v) is 6.35. The molecule has 0 bridgehead atoms. The van der Waals surface area contributed by atoms with Crippen molar-refractivity contribution < 1.29 is 29.0 Å². The SMILES string of the molecule is C[C@@H]1CCCCO[C@@H](CN(C)C(=O)Cc2ccccc2)[C@H](C)CN([C@H](C)CO)C(=O)c2cc(NC(=O)C3CCCCC3)ccc2O1. The molecule has 1 heterocycles. The van der Waals surface area contributed by atoms with Crippen LogP contribution in [0.3, 0.4) is 0 Å². The van der Waals surface area contributed by atoms with Gasteiger partial charge in [-0.1, -0.05) is 56.5 Å². The third kappa shape index (κ3) is 10.0. The third-order valence-corrected chi connectivity index (χ3v) is 9.37. The first-order chi connectivity index (χ1) is 22.2. The average Bonchev–Trinajstić information content (AvgIpc) is 3.06. The minimum Gasteiger partial charge on any atom is -0.490 e. The highest BCUT2D eigenvalue weighted by atomic mass is 16.5. The molecule has 0 unspecified atom stereocenters. The van der Waals surface area contributed by atoms with Gasteiger partial charge in [-0.2, -0.15) is 0 Å². The summed E-state index contributed by atoms with van der Waals surface area (Å²) in [5.41, 5.74) is 1.87. The van der Waals surface area contributed by atoms with E-state index >= 15 is 0 Å². The van der Waals surface area contributed by atoms with E-state index in [0.717, 1.165) is 56.9 Å². The van der Waals surface area contributed by atoms with Gasteiger partial charge in [0.2, 0.25) is 11.8 Å². The number of carbonyl (C=O) groups excluding carboxylic acids is 3. The number of benzene rings is 2. The maximum atomic E-state index is 14.4. The molecule has 4 rings (SSSR count). The number of aliphatic hydroxyl groups excluding tert-OH is 1. The summed E-state index contributed by atoms with van der Waals surface area (Å²) in [6.45, 7) is 6.84. The van der Waals surface area contributed by atoms with E-state index < -0.39 is 6.04 Å². The molecule has 252 valence electrons. The Labute approximate surface area is 274 Å². The van der Waals surface area contributed by atoms with E-state index in [1.165, 1.54) is 0 Å². The molecule has 3 amide bonds. The monoisotopic (exact) mass is 635 g/mol. The van der Waals surface area contributed by atoms with E-state index in [9.17, 15) is 19.5 Å². The van der Waals surface area contributed by atoms with E-state index in [2.05, 4.69) is 5.32 Å². The lowest BCUT2D eigenvalue weighted by Gasteiger charge is -2.36. The van der Waals surface area contributed by atoms with E-state index in [4.69, 9.17) is 9.47 Å². The Morgan fingerprint density at radius 2 is 1.74 bits per heavy atom. The van der Waals surface area contributed by atoms with Gasteiger partial charge in [-0.05, 0) is 69.7 Å². The van der Waals surface area contributed by atoms with Gasteiger partial charge in [0.25, 0.3) is 5.91 Å². The molecule has 46 heavy (non-hydrogen) atoms. The molecule has 0 radical (unpaired) electrons. The van der Waals surface area contributed by atoms with Crippen molar-refractivity contribution in [1.82, 2.24) is 9.80 Å². The van der Waals surface area contributed by atoms with Crippen LogP contribution in [0.15, 0.2) is 48.5 Å². The van der Waals surface area contributed by atoms with Gasteiger partial charge in [0, 0.05) is 44.3 Å². The Kier molecular flexibility index (Phi) is 13.5. The molecule has 1 saturated carbocycles. The van der Waals surface area contributed by atoms with Crippen molar-refractivity contribution in [1.29, 1.82) is 0 Å². The van der Waals surface area contributed by atoms with Crippen LogP contribution in [0.5, 0.6) is 5.75 Å². The van der Waals surface area contributed by atoms with Gasteiger partial charge in [0.05, 0.1) is 36.8 Å². The zero-order chi connectivity index (χ0) is 33.1. The van der Waals surface area contributed by atoms with Crippen LogP contribution in [0.2, 0.25) is 0 Å². The molecule has 2 aromatic rings. The molecular weight excluding hydrogens is 582 g/mol. The summed E-state index contributed by atoms with van der Waals surface area (Å²) in [6.07, 6.45) is 7.39. The Morgan fingerprint density at radius 1 is 1.02 bits per heavy atom. The van der Waals surface area contributed by atoms with Gasteiger partial charge in [0.15, 0.2) is 0 Å². The quantitative estimate of drug-likeness (QED) is 0.385. The van der Waals surface area contributed by atoms with Gasteiger partial charge in [0.1, 0.15) is 5.75 Å². The molecular formula is C37H53N3O6. The number of carbonyl (C=O) groups is 3. The van der Waals surface area contributed by atoms with Gasteiger partial charge < -0.3 is 29.7 Å². The maximum Gasteiger partial charge on any atom is 0.258 e. The summed E-state index contributed by atoms with van der Waals surface area (Å²) in [5, 5.41) is 13.3. The molecule has 2 aromatic carbocycles. The van der Waals surface area contributed by atoms with Crippen LogP contribution in [0.25, 0.3) is 0 Å². The first kappa shape index (κ1) is 35.4. The number of hydrogen-bond acceptors (Lipinski definition) is 6. The summed E-state index contributed by atoms with van der Waals surface area (Å²) in [6, 6.07) is 14.5. The molecule has 9 nitrogen and oxygen atoms in total. The van der Waals surface area contributed by atoms with Crippen molar-refractivity contribution in [3.63, 3.8) is 0 Å². The number of fused-ring (bicyclic) bond motifs is 1. The number of hydrogen-bond donors (Lipinski definition) is 2. The molecule has 0 aromatic heterocycles. The normalized spacial score (nSPS) is 22.6. The van der Waals surface area contributed by atoms with E-state index in [1.54, 1.807) is 35.0 Å². The summed E-state index contributed by atoms with van der Waals surface area (Å²) >= 11 is 0. The second-order valence-electron chi connectivity index (χ2n) is 13.3. The lowest BCUT2D eigenvalue weighted by molar-refractivity contribution is -0.132. The molecule has 9 heteroatoms. The standard InChI is InChI=1S/C37H53N3O6/c1-26-23-40(27(2)25-41)37(44)32-22-31(38-36(43)30-16-9-6-10-17-30)18-19-33(32)46-28(3)13-11-12-20-45-34(26)24-39(4)35(42)21-29-14-7-5-8-15-29/h5,7-8,14-15,18-19,22,26-28,30,34,41H,6,9-13,16-17,20-21,23-25H2,1-4H3,(H,38,43)/t26-,27-,28-,34+/m1/s1. The topological polar surface area (TPSA) is 108 Å². The molecule has 2 aliphatic rings. The Bertz CT molecular complexity index is 1280. The first-order valence-electron chi connectivity index (χ1n) is 17.1. The first-order valence-corrected chi connectivity index (χ1v) is 17.1. The van der Waals surface area contributed by atoms with Crippen LogP contribution >= 0.6 is 0 Å². The van der Waals surface area contributed by atoms with Crippen molar-refractivity contribution in [3.8, 4) is 5.75 Å². The molecule has 1 fully saturated rings. The van der Waals surface area contributed by atoms with Gasteiger partial charge >= 0.3 is 0 Å². The molecule has 0 spiro atoms. The highest BCUT2D eigenvalue weighted by Crippen LogP contribution is 2.30. The summed E-state index contributed by atoms with van der Waals surface area (Å²) in [4.78, 5) is 43.9. The number of nitrogens with zero attached hydrogens (tertiary/aromatic N) is 2. The number of rotatable bonds is 8. The van der Waals surface area contributed by atoms with Crippen molar-refractivity contribution in [2.45, 2.75) is 96.8 Å². The van der Waals surface area contributed by atoms with Crippen LogP contribution in [0.4, 0.5) is 5.69 Å². The number of aliphatic hydroxyl groups is 1. The molecule has 1 aliphatic heterocycles. The van der Waals surface area contributed by atoms with Crippen molar-refractivity contribution in [2.75, 3.05) is 38.7 Å². The molecule has 0 saturated heterocycles. The molecule has 1 aliphatic carbocycles. The highest BCUT2D eigenvalue weighted by molar-refractivity contribution is 6.00. The second-order valence-corrected chi connectivity index (χ2v) is 13.3. The summed E-state index contributed by atoms with van der Waals surface area (Å²) in [7, 11) is 1.80. The van der Waals surface area contributed by atoms with Gasteiger partial charge in [-0.25, -0.2) is 0 Å². The fraction of sp³-hybridized carbons (Fsp3) is 0.595. The Morgan fingerprint density at radius 3 is 2.46 bits per heavy atom. The van der Waals surface area contributed by atoms with E-state index in [0.29, 0.717) is 43.1 Å². The number of anilines is 1. The predicted molar refractivity (Wildman–Crippen MR) is 180 cm³/mol. The van der Waals surface area contributed by atoms with Gasteiger partial charge in [-0.3, -0.25) is 14.4 Å². The largest absolute Gasteiger partial charge is 0.490 e. The molecule has 2 N–H and O–H groups in total. The van der Waals surface area contributed by atoms with Crippen LogP contribution in [-0.2, 0) is 20.7 Å². The van der Waals surface area contributed by atoms with E-state index in [1.807, 2.05) is 51.1 Å². The summed E-state index contributed by atoms with van der Waals surface area (Å²) in [5.74, 6) is 0.00468. The molecule has 4 atom stereocenters. The lowest BCUT2D eigenvalue weighted by Crippen LogP contribution is -2.48. The van der Waals surface area contributed by atoms with Crippen LogP contribution in [0, 0.1) is 11.8 Å². The van der Waals surface area contributed by atoms with E-state index in [-0.39, 0.29) is 48.4 Å². The third-order valence-electron chi connectivity index (χ3n) is 9.37. The Balaban J connectivity index is 1.58. The lowest BCUT2D eigenvalue weighted by atomic mass is 9.88. The Hall–Kier alpha value is -3.43. The average molecular weight is 636 g/mol. The van der Waals surface area contributed by atoms with Gasteiger partial charge in [-0.15, -0.1) is 0 Å². The van der Waals surface area contributed by atoms with Crippen molar-refractivity contribution >= 4 is 23.4 Å². The van der Waals surface area contributed by atoms with Crippen LogP contribution < -0.4 is 10.1 Å². The number of ether oxygens (including phenoxy) is 2. The summed E-state index contributed by atoms with van der Waals surface area (Å²) < 4.78 is 12.7. The minimum absolute atomic E-state index is 0.000710. The fourth-order valence-electron chi connectivity index (χ4n) is 6.35. The smallest absolute Gasteiger partial charge is 0.258 e. The number of likely N-dealkylation sites (N-methyl/N-ethyl adjacent to an activating group) is 1. The van der Waals surface area contributed by atoms with Crippen molar-refractivity contribution in [3.05, 3.63) is 59.7 Å². The minimum atomic E-state index is -0.480. The second kappa shape index (κ2) is 17.5. The number of nitrogens with one attached hydrogen (secondary N) is 1. The predicted octanol–water partition coefficient (Wildman–Crippen LogP) is 5.70. The van der Waals surface area contributed by atoms with Crippen LogP contribution in [0.1, 0.15) is 88.1 Å². The number of amides is 3. The highest BCUT2D eigenvalue weighted by Gasteiger charge is 2.31. The van der Waals surface area contributed by atoms with Crippen molar-refractivity contribution in [2.24, 2.45) is 11.8 Å².